The van der Waals surface area contributed by atoms with Gasteiger partial charge in [-0.25, -0.2) is 0 Å². The molecule has 20 heavy (non-hydrogen) atoms. The number of nitrogens with zero attached hydrogens (tertiary/aromatic N) is 1. The smallest absolute Gasteiger partial charge is 0.253 e. The fourth-order valence-corrected chi connectivity index (χ4v) is 2.91. The molecule has 1 heterocycles. The molecule has 1 saturated heterocycles. The van der Waals surface area contributed by atoms with Crippen LogP contribution < -0.4 is 10.6 Å². The predicted octanol–water partition coefficient (Wildman–Crippen LogP) is 1.30. The molecule has 1 unspecified atom stereocenters. The Kier molecular flexibility index (Phi) is 4.67. The lowest BCUT2D eigenvalue weighted by Crippen LogP contribution is -2.37. The number of hydrogen-bond donors (Lipinski definition) is 2. The highest BCUT2D eigenvalue weighted by Gasteiger charge is 2.22. The Morgan fingerprint density at radius 1 is 1.40 bits per heavy atom. The standard InChI is InChI=1S/C14H19N3O2S/c1-9-4-5-10(6-11(9)14(19)17(2)3)16-13(18)12-7-20-8-15-12/h4-6,12,15H,7-8H2,1-3H3,(H,16,18). The van der Waals surface area contributed by atoms with Crippen molar-refractivity contribution < 1.29 is 9.59 Å². The first-order valence-electron chi connectivity index (χ1n) is 6.43. The summed E-state index contributed by atoms with van der Waals surface area (Å²) >= 11 is 1.70. The Morgan fingerprint density at radius 2 is 2.15 bits per heavy atom. The zero-order valence-electron chi connectivity index (χ0n) is 11.9. The third-order valence-corrected chi connectivity index (χ3v) is 4.11. The van der Waals surface area contributed by atoms with Gasteiger partial charge in [0.05, 0.1) is 6.04 Å². The summed E-state index contributed by atoms with van der Waals surface area (Å²) in [6.07, 6.45) is 0. The van der Waals surface area contributed by atoms with Gasteiger partial charge in [0.15, 0.2) is 0 Å². The minimum absolute atomic E-state index is 0.0536. The fraction of sp³-hybridized carbons (Fsp3) is 0.429. The lowest BCUT2D eigenvalue weighted by atomic mass is 10.1. The monoisotopic (exact) mass is 293 g/mol. The van der Waals surface area contributed by atoms with Crippen molar-refractivity contribution in [2.75, 3.05) is 31.0 Å². The molecule has 0 bridgehead atoms. The van der Waals surface area contributed by atoms with Crippen LogP contribution in [0.25, 0.3) is 0 Å². The summed E-state index contributed by atoms with van der Waals surface area (Å²) in [5.41, 5.74) is 2.17. The van der Waals surface area contributed by atoms with Gasteiger partial charge in [0.25, 0.3) is 5.91 Å². The number of hydrogen-bond acceptors (Lipinski definition) is 4. The highest BCUT2D eigenvalue weighted by Crippen LogP contribution is 2.18. The second-order valence-electron chi connectivity index (χ2n) is 4.99. The molecule has 0 aliphatic carbocycles. The third-order valence-electron chi connectivity index (χ3n) is 3.17. The maximum Gasteiger partial charge on any atom is 0.253 e. The quantitative estimate of drug-likeness (QED) is 0.882. The van der Waals surface area contributed by atoms with Gasteiger partial charge in [-0.05, 0) is 24.6 Å². The number of carbonyl (C=O) groups is 2. The number of aryl methyl sites for hydroxylation is 1. The number of thioether (sulfide) groups is 1. The van der Waals surface area contributed by atoms with Crippen molar-refractivity contribution >= 4 is 29.3 Å². The molecule has 1 aromatic rings. The predicted molar refractivity (Wildman–Crippen MR) is 82.1 cm³/mol. The Labute approximate surface area is 123 Å². The van der Waals surface area contributed by atoms with Gasteiger partial charge in [-0.15, -0.1) is 11.8 Å². The summed E-state index contributed by atoms with van der Waals surface area (Å²) in [5, 5.41) is 5.98. The number of nitrogens with one attached hydrogen (secondary N) is 2. The van der Waals surface area contributed by atoms with Gasteiger partial charge in [-0.1, -0.05) is 6.07 Å². The molecule has 1 aliphatic rings. The summed E-state index contributed by atoms with van der Waals surface area (Å²) in [5.74, 6) is 1.47. The van der Waals surface area contributed by atoms with E-state index in [2.05, 4.69) is 10.6 Å². The molecule has 5 nitrogen and oxygen atoms in total. The topological polar surface area (TPSA) is 61.4 Å². The fourth-order valence-electron chi connectivity index (χ4n) is 1.96. The molecule has 2 N–H and O–H groups in total. The van der Waals surface area contributed by atoms with Crippen molar-refractivity contribution in [1.82, 2.24) is 10.2 Å². The van der Waals surface area contributed by atoms with Crippen LogP contribution in [0.2, 0.25) is 0 Å². The van der Waals surface area contributed by atoms with Gasteiger partial charge >= 0.3 is 0 Å². The summed E-state index contributed by atoms with van der Waals surface area (Å²) in [4.78, 5) is 25.6. The molecular formula is C14H19N3O2S. The Morgan fingerprint density at radius 3 is 2.75 bits per heavy atom. The first-order valence-corrected chi connectivity index (χ1v) is 7.59. The van der Waals surface area contributed by atoms with E-state index in [1.165, 1.54) is 4.90 Å². The first kappa shape index (κ1) is 14.9. The Bertz CT molecular complexity index is 525. The van der Waals surface area contributed by atoms with E-state index in [9.17, 15) is 9.59 Å². The molecule has 1 atom stereocenters. The second kappa shape index (κ2) is 6.28. The maximum absolute atomic E-state index is 12.1. The Hall–Kier alpha value is -1.53. The Balaban J connectivity index is 2.14. The van der Waals surface area contributed by atoms with Crippen LogP contribution in [-0.2, 0) is 4.79 Å². The van der Waals surface area contributed by atoms with Crippen LogP contribution in [0.15, 0.2) is 18.2 Å². The normalized spacial score (nSPS) is 17.9. The van der Waals surface area contributed by atoms with E-state index in [0.29, 0.717) is 11.3 Å². The van der Waals surface area contributed by atoms with E-state index in [-0.39, 0.29) is 17.9 Å². The van der Waals surface area contributed by atoms with E-state index in [0.717, 1.165) is 17.2 Å². The zero-order chi connectivity index (χ0) is 14.7. The molecule has 1 fully saturated rings. The maximum atomic E-state index is 12.1. The van der Waals surface area contributed by atoms with Crippen molar-refractivity contribution in [3.8, 4) is 0 Å². The second-order valence-corrected chi connectivity index (χ2v) is 6.02. The number of rotatable bonds is 3. The van der Waals surface area contributed by atoms with Gasteiger partial charge in [-0.3, -0.25) is 14.9 Å². The lowest BCUT2D eigenvalue weighted by Gasteiger charge is -2.15. The van der Waals surface area contributed by atoms with Crippen molar-refractivity contribution in [3.63, 3.8) is 0 Å². The average molecular weight is 293 g/mol. The van der Waals surface area contributed by atoms with Crippen LogP contribution in [0.4, 0.5) is 5.69 Å². The van der Waals surface area contributed by atoms with E-state index in [1.807, 2.05) is 19.1 Å². The summed E-state index contributed by atoms with van der Waals surface area (Å²) in [7, 11) is 3.43. The van der Waals surface area contributed by atoms with Crippen molar-refractivity contribution in [3.05, 3.63) is 29.3 Å². The van der Waals surface area contributed by atoms with Crippen molar-refractivity contribution in [2.24, 2.45) is 0 Å². The van der Waals surface area contributed by atoms with Crippen LogP contribution in [0, 0.1) is 6.92 Å². The molecule has 1 aliphatic heterocycles. The molecule has 0 saturated carbocycles. The van der Waals surface area contributed by atoms with Crippen molar-refractivity contribution in [2.45, 2.75) is 13.0 Å². The van der Waals surface area contributed by atoms with E-state index in [4.69, 9.17) is 0 Å². The molecule has 1 aromatic carbocycles. The zero-order valence-corrected chi connectivity index (χ0v) is 12.7. The summed E-state index contributed by atoms with van der Waals surface area (Å²) < 4.78 is 0. The van der Waals surface area contributed by atoms with Gasteiger partial charge < -0.3 is 10.2 Å². The van der Waals surface area contributed by atoms with Gasteiger partial charge in [0.2, 0.25) is 5.91 Å². The van der Waals surface area contributed by atoms with Gasteiger partial charge in [0.1, 0.15) is 0 Å². The lowest BCUT2D eigenvalue weighted by molar-refractivity contribution is -0.117. The SMILES string of the molecule is Cc1ccc(NC(=O)C2CSCN2)cc1C(=O)N(C)C. The van der Waals surface area contributed by atoms with E-state index in [1.54, 1.807) is 31.9 Å². The van der Waals surface area contributed by atoms with Gasteiger partial charge in [-0.2, -0.15) is 0 Å². The van der Waals surface area contributed by atoms with E-state index >= 15 is 0 Å². The highest BCUT2D eigenvalue weighted by atomic mass is 32.2. The van der Waals surface area contributed by atoms with Crippen LogP contribution in [0.1, 0.15) is 15.9 Å². The van der Waals surface area contributed by atoms with Gasteiger partial charge in [0, 0.05) is 37.0 Å². The number of carbonyl (C=O) groups excluding carboxylic acids is 2. The van der Waals surface area contributed by atoms with E-state index < -0.39 is 0 Å². The van der Waals surface area contributed by atoms with Crippen LogP contribution in [-0.4, -0.2) is 48.5 Å². The summed E-state index contributed by atoms with van der Waals surface area (Å²) in [6, 6.07) is 5.25. The number of anilines is 1. The molecule has 0 radical (unpaired) electrons. The molecule has 2 amide bonds. The number of benzene rings is 1. The van der Waals surface area contributed by atoms with Crippen molar-refractivity contribution in [1.29, 1.82) is 0 Å². The molecule has 2 rings (SSSR count). The van der Waals surface area contributed by atoms with Crippen LogP contribution in [0.3, 0.4) is 0 Å². The average Bonchev–Trinajstić information content (AvgIpc) is 2.94. The first-order chi connectivity index (χ1) is 9.49. The molecular weight excluding hydrogens is 274 g/mol. The minimum atomic E-state index is -0.158. The molecule has 6 heteroatoms. The minimum Gasteiger partial charge on any atom is -0.345 e. The number of amides is 2. The molecule has 0 spiro atoms. The largest absolute Gasteiger partial charge is 0.345 e. The summed E-state index contributed by atoms with van der Waals surface area (Å²) in [6.45, 7) is 1.89. The highest BCUT2D eigenvalue weighted by molar-refractivity contribution is 7.99. The molecule has 0 aromatic heterocycles. The van der Waals surface area contributed by atoms with Crippen LogP contribution in [0.5, 0.6) is 0 Å². The third kappa shape index (κ3) is 3.32. The van der Waals surface area contributed by atoms with Crippen LogP contribution >= 0.6 is 11.8 Å². The molecule has 108 valence electrons.